The molecule has 1 N–H and O–H groups in total. The molecule has 1 aromatic heterocycles. The van der Waals surface area contributed by atoms with Gasteiger partial charge in [-0.3, -0.25) is 9.59 Å². The minimum absolute atomic E-state index is 0.0386. The quantitative estimate of drug-likeness (QED) is 0.594. The minimum Gasteiger partial charge on any atom is -0.350 e. The van der Waals surface area contributed by atoms with E-state index in [1.54, 1.807) is 41.9 Å². The number of amides is 1. The van der Waals surface area contributed by atoms with Gasteiger partial charge < -0.3 is 9.88 Å². The number of sulfonamides is 1. The predicted molar refractivity (Wildman–Crippen MR) is 129 cm³/mol. The smallest absolute Gasteiger partial charge is 0.257 e. The highest BCUT2D eigenvalue weighted by Crippen LogP contribution is 2.23. The van der Waals surface area contributed by atoms with Crippen LogP contribution < -0.4 is 10.7 Å². The van der Waals surface area contributed by atoms with E-state index in [1.165, 1.54) is 22.6 Å². The highest BCUT2D eigenvalue weighted by Gasteiger charge is 2.26. The number of rotatable bonds is 5. The van der Waals surface area contributed by atoms with E-state index in [9.17, 15) is 18.0 Å². The monoisotopic (exact) mass is 487 g/mol. The number of benzene rings is 2. The minimum atomic E-state index is -3.72. The lowest BCUT2D eigenvalue weighted by molar-refractivity contribution is 0.0949. The standard InChI is InChI=1S/C24H26ClN3O4S/c1-27-16-21(24(30)26-15-17-6-8-18(25)9-7-17)23(29)20-14-19(10-11-22(20)27)33(31,32)28-12-4-2-3-5-13-28/h6-11,14,16H,2-5,12-13,15H2,1H3,(H,26,30). The maximum atomic E-state index is 13.2. The summed E-state index contributed by atoms with van der Waals surface area (Å²) in [5.74, 6) is -0.520. The van der Waals surface area contributed by atoms with Crippen molar-refractivity contribution in [1.29, 1.82) is 0 Å². The summed E-state index contributed by atoms with van der Waals surface area (Å²) in [4.78, 5) is 26.1. The molecule has 3 aromatic rings. The highest BCUT2D eigenvalue weighted by atomic mass is 35.5. The number of hydrogen-bond acceptors (Lipinski definition) is 4. The third-order valence-corrected chi connectivity index (χ3v) is 8.12. The van der Waals surface area contributed by atoms with E-state index in [4.69, 9.17) is 11.6 Å². The molecule has 0 saturated carbocycles. The van der Waals surface area contributed by atoms with Crippen molar-refractivity contribution in [2.45, 2.75) is 37.1 Å². The second-order valence-corrected chi connectivity index (χ2v) is 10.7. The van der Waals surface area contributed by atoms with E-state index < -0.39 is 21.4 Å². The summed E-state index contributed by atoms with van der Waals surface area (Å²) in [5.41, 5.74) is 0.869. The Balaban J connectivity index is 1.66. The summed E-state index contributed by atoms with van der Waals surface area (Å²) in [7, 11) is -1.99. The first-order valence-corrected chi connectivity index (χ1v) is 12.8. The topological polar surface area (TPSA) is 88.5 Å². The van der Waals surface area contributed by atoms with Crippen LogP contribution in [0.3, 0.4) is 0 Å². The summed E-state index contributed by atoms with van der Waals surface area (Å²) >= 11 is 5.89. The molecular formula is C24H26ClN3O4S. The molecule has 0 bridgehead atoms. The first kappa shape index (κ1) is 23.5. The molecule has 9 heteroatoms. The molecule has 0 aliphatic carbocycles. The Bertz CT molecular complexity index is 1340. The van der Waals surface area contributed by atoms with Gasteiger partial charge >= 0.3 is 0 Å². The van der Waals surface area contributed by atoms with Gasteiger partial charge in [0.15, 0.2) is 0 Å². The van der Waals surface area contributed by atoms with Gasteiger partial charge in [-0.2, -0.15) is 4.31 Å². The fourth-order valence-corrected chi connectivity index (χ4v) is 5.77. The molecule has 0 unspecified atom stereocenters. The lowest BCUT2D eigenvalue weighted by Gasteiger charge is -2.20. The second-order valence-electron chi connectivity index (χ2n) is 8.29. The Morgan fingerprint density at radius 3 is 2.36 bits per heavy atom. The molecule has 2 heterocycles. The van der Waals surface area contributed by atoms with Crippen LogP contribution in [-0.2, 0) is 23.6 Å². The third kappa shape index (κ3) is 4.98. The van der Waals surface area contributed by atoms with Crippen molar-refractivity contribution in [3.63, 3.8) is 0 Å². The van der Waals surface area contributed by atoms with Crippen LogP contribution in [0, 0.1) is 0 Å². The zero-order valence-corrected chi connectivity index (χ0v) is 20.0. The van der Waals surface area contributed by atoms with E-state index >= 15 is 0 Å². The summed E-state index contributed by atoms with van der Waals surface area (Å²) in [5, 5.41) is 3.55. The van der Waals surface area contributed by atoms with Gasteiger partial charge in [-0.25, -0.2) is 8.42 Å². The van der Waals surface area contributed by atoms with Crippen LogP contribution in [0.5, 0.6) is 0 Å². The largest absolute Gasteiger partial charge is 0.350 e. The average molecular weight is 488 g/mol. The van der Waals surface area contributed by atoms with Crippen LogP contribution in [0.15, 0.2) is 58.4 Å². The van der Waals surface area contributed by atoms with Crippen molar-refractivity contribution in [2.75, 3.05) is 13.1 Å². The van der Waals surface area contributed by atoms with Gasteiger partial charge in [-0.15, -0.1) is 0 Å². The Labute approximate surface area is 198 Å². The van der Waals surface area contributed by atoms with E-state index in [0.29, 0.717) is 23.6 Å². The number of halogens is 1. The molecule has 33 heavy (non-hydrogen) atoms. The Hall–Kier alpha value is -2.68. The second kappa shape index (κ2) is 9.67. The molecule has 2 aromatic carbocycles. The summed E-state index contributed by atoms with van der Waals surface area (Å²) in [6.45, 7) is 1.19. The number of carbonyl (C=O) groups is 1. The molecule has 174 valence electrons. The van der Waals surface area contributed by atoms with Crippen molar-refractivity contribution in [3.05, 3.63) is 75.0 Å². The number of fused-ring (bicyclic) bond motifs is 1. The number of aryl methyl sites for hydroxylation is 1. The fourth-order valence-electron chi connectivity index (χ4n) is 4.10. The molecule has 1 saturated heterocycles. The van der Waals surface area contributed by atoms with Gasteiger partial charge in [0.05, 0.1) is 10.4 Å². The van der Waals surface area contributed by atoms with Gasteiger partial charge in [0.2, 0.25) is 15.5 Å². The fraction of sp³-hybridized carbons (Fsp3) is 0.333. The van der Waals surface area contributed by atoms with Crippen LogP contribution in [-0.4, -0.2) is 36.3 Å². The Morgan fingerprint density at radius 2 is 1.70 bits per heavy atom. The Morgan fingerprint density at radius 1 is 1.03 bits per heavy atom. The van der Waals surface area contributed by atoms with E-state index in [0.717, 1.165) is 31.2 Å². The Kier molecular flexibility index (Phi) is 6.88. The van der Waals surface area contributed by atoms with Crippen molar-refractivity contribution < 1.29 is 13.2 Å². The average Bonchev–Trinajstić information content (AvgIpc) is 3.11. The maximum Gasteiger partial charge on any atom is 0.257 e. The number of pyridine rings is 1. The molecular weight excluding hydrogens is 462 g/mol. The number of aromatic nitrogens is 1. The van der Waals surface area contributed by atoms with Crippen molar-refractivity contribution >= 4 is 38.4 Å². The zero-order chi connectivity index (χ0) is 23.6. The first-order chi connectivity index (χ1) is 15.8. The summed E-state index contributed by atoms with van der Waals surface area (Å²) in [6.07, 6.45) is 5.15. The molecule has 1 amide bonds. The van der Waals surface area contributed by atoms with Gasteiger partial charge in [0.25, 0.3) is 5.91 Å². The molecule has 1 aliphatic rings. The number of carbonyl (C=O) groups excluding carboxylic acids is 1. The third-order valence-electron chi connectivity index (χ3n) is 5.97. The number of nitrogens with one attached hydrogen (secondary N) is 1. The van der Waals surface area contributed by atoms with Crippen LogP contribution in [0.1, 0.15) is 41.6 Å². The van der Waals surface area contributed by atoms with E-state index in [-0.39, 0.29) is 22.4 Å². The lowest BCUT2D eigenvalue weighted by atomic mass is 10.1. The normalized spacial score (nSPS) is 15.3. The van der Waals surface area contributed by atoms with Crippen molar-refractivity contribution in [3.8, 4) is 0 Å². The van der Waals surface area contributed by atoms with Crippen molar-refractivity contribution in [2.24, 2.45) is 7.05 Å². The van der Waals surface area contributed by atoms with Gasteiger partial charge in [0.1, 0.15) is 5.56 Å². The molecule has 0 radical (unpaired) electrons. The van der Waals surface area contributed by atoms with E-state index in [2.05, 4.69) is 5.32 Å². The van der Waals surface area contributed by atoms with Crippen LogP contribution in [0.4, 0.5) is 0 Å². The van der Waals surface area contributed by atoms with Crippen LogP contribution >= 0.6 is 11.6 Å². The number of nitrogens with zero attached hydrogens (tertiary/aromatic N) is 2. The molecule has 1 fully saturated rings. The van der Waals surface area contributed by atoms with Crippen LogP contribution in [0.25, 0.3) is 10.9 Å². The lowest BCUT2D eigenvalue weighted by Crippen LogP contribution is -2.32. The maximum absolute atomic E-state index is 13.2. The van der Waals surface area contributed by atoms with Crippen molar-refractivity contribution in [1.82, 2.24) is 14.2 Å². The molecule has 4 rings (SSSR count). The number of hydrogen-bond donors (Lipinski definition) is 1. The highest BCUT2D eigenvalue weighted by molar-refractivity contribution is 7.89. The summed E-state index contributed by atoms with van der Waals surface area (Å²) in [6, 6.07) is 11.6. The zero-order valence-electron chi connectivity index (χ0n) is 18.4. The molecule has 1 aliphatic heterocycles. The van der Waals surface area contributed by atoms with Crippen LogP contribution in [0.2, 0.25) is 5.02 Å². The van der Waals surface area contributed by atoms with Gasteiger partial charge in [0, 0.05) is 43.3 Å². The van der Waals surface area contributed by atoms with Gasteiger partial charge in [-0.1, -0.05) is 36.6 Å². The van der Waals surface area contributed by atoms with E-state index in [1.807, 2.05) is 0 Å². The summed E-state index contributed by atoms with van der Waals surface area (Å²) < 4.78 is 29.6. The molecule has 7 nitrogen and oxygen atoms in total. The molecule has 0 spiro atoms. The molecule has 0 atom stereocenters. The SMILES string of the molecule is Cn1cc(C(=O)NCc2ccc(Cl)cc2)c(=O)c2cc(S(=O)(=O)N3CCCCCC3)ccc21. The van der Waals surface area contributed by atoms with Gasteiger partial charge in [-0.05, 0) is 48.7 Å². The predicted octanol–water partition coefficient (Wildman–Crippen LogP) is 3.69. The first-order valence-electron chi connectivity index (χ1n) is 10.9.